The maximum Gasteiger partial charge on any atom is 0.222 e. The summed E-state index contributed by atoms with van der Waals surface area (Å²) in [7, 11) is 1.64. The zero-order chi connectivity index (χ0) is 5.86. The molecule has 0 spiro atoms. The number of hydrogen-bond acceptors (Lipinski definition) is 1. The Kier molecular flexibility index (Phi) is 2.41. The Morgan fingerprint density at radius 2 is 2.14 bits per heavy atom. The minimum absolute atomic E-state index is 0. The van der Waals surface area contributed by atoms with Crippen LogP contribution in [0.5, 0.6) is 0 Å². The van der Waals surface area contributed by atoms with Gasteiger partial charge in [-0.3, -0.25) is 4.79 Å². The van der Waals surface area contributed by atoms with Crippen molar-refractivity contribution >= 4 is 5.91 Å². The molecule has 2 nitrogen and oxygen atoms in total. The number of rotatable bonds is 1. The molecule has 0 saturated heterocycles. The first-order valence-electron chi connectivity index (χ1n) is 2.40. The first-order chi connectivity index (χ1) is 3.18. The monoisotopic (exact) mass is 103 g/mol. The van der Waals surface area contributed by atoms with Gasteiger partial charge in [0.05, 0.1) is 0 Å². The van der Waals surface area contributed by atoms with Gasteiger partial charge < -0.3 is 5.32 Å². The minimum Gasteiger partial charge on any atom is -0.359 e. The van der Waals surface area contributed by atoms with E-state index in [1.54, 1.807) is 7.05 Å². The van der Waals surface area contributed by atoms with E-state index < -0.39 is 0 Å². The summed E-state index contributed by atoms with van der Waals surface area (Å²) in [6.07, 6.45) is 0. The number of carbonyl (C=O) groups excluding carboxylic acids is 1. The van der Waals surface area contributed by atoms with E-state index in [0.29, 0.717) is 0 Å². The van der Waals surface area contributed by atoms with Crippen LogP contribution >= 0.6 is 0 Å². The average Bonchev–Trinajstić information content (AvgIpc) is 1.65. The maximum atomic E-state index is 10.4. The van der Waals surface area contributed by atoms with Crippen molar-refractivity contribution in [3.63, 3.8) is 0 Å². The molecule has 0 aliphatic heterocycles. The maximum absolute atomic E-state index is 10.4. The Morgan fingerprint density at radius 3 is 2.14 bits per heavy atom. The molecule has 0 atom stereocenters. The SMILES string of the molecule is CNC(=O)C(C)C.[HH]. The van der Waals surface area contributed by atoms with E-state index in [0.717, 1.165) is 0 Å². The van der Waals surface area contributed by atoms with Crippen LogP contribution in [0.1, 0.15) is 15.3 Å². The average molecular weight is 103 g/mol. The van der Waals surface area contributed by atoms with E-state index in [1.165, 1.54) is 0 Å². The van der Waals surface area contributed by atoms with Gasteiger partial charge in [0, 0.05) is 14.4 Å². The van der Waals surface area contributed by atoms with Gasteiger partial charge in [-0.2, -0.15) is 0 Å². The molecule has 0 radical (unpaired) electrons. The largest absolute Gasteiger partial charge is 0.359 e. The summed E-state index contributed by atoms with van der Waals surface area (Å²) >= 11 is 0. The Labute approximate surface area is 45.4 Å². The Bertz CT molecular complexity index is 72.8. The minimum atomic E-state index is 0. The van der Waals surface area contributed by atoms with E-state index in [9.17, 15) is 4.79 Å². The van der Waals surface area contributed by atoms with Crippen LogP contribution < -0.4 is 5.32 Å². The number of nitrogens with one attached hydrogen (secondary N) is 1. The predicted molar refractivity (Wildman–Crippen MR) is 31.0 cm³/mol. The summed E-state index contributed by atoms with van der Waals surface area (Å²) in [5, 5.41) is 2.53. The summed E-state index contributed by atoms with van der Waals surface area (Å²) in [4.78, 5) is 10.4. The number of amides is 1. The van der Waals surface area contributed by atoms with Crippen LogP contribution in [0.3, 0.4) is 0 Å². The third-order valence-electron chi connectivity index (χ3n) is 0.771. The highest BCUT2D eigenvalue weighted by Gasteiger charge is 2.00. The molecule has 0 heterocycles. The summed E-state index contributed by atoms with van der Waals surface area (Å²) < 4.78 is 0. The zero-order valence-corrected chi connectivity index (χ0v) is 4.99. The molecule has 0 aromatic carbocycles. The Morgan fingerprint density at radius 1 is 1.71 bits per heavy atom. The van der Waals surface area contributed by atoms with Gasteiger partial charge in [-0.1, -0.05) is 13.8 Å². The molecular weight excluding hydrogens is 90.1 g/mol. The molecule has 0 bridgehead atoms. The van der Waals surface area contributed by atoms with E-state index in [-0.39, 0.29) is 13.3 Å². The van der Waals surface area contributed by atoms with Crippen molar-refractivity contribution in [1.82, 2.24) is 5.32 Å². The van der Waals surface area contributed by atoms with Crippen LogP contribution in [0.15, 0.2) is 0 Å². The highest BCUT2D eigenvalue weighted by Crippen LogP contribution is 1.87. The van der Waals surface area contributed by atoms with Crippen molar-refractivity contribution in [2.24, 2.45) is 5.92 Å². The normalized spacial score (nSPS) is 9.14. The summed E-state index contributed by atoms with van der Waals surface area (Å²) in [6, 6.07) is 0. The van der Waals surface area contributed by atoms with Gasteiger partial charge in [-0.15, -0.1) is 0 Å². The molecule has 0 aromatic rings. The first-order valence-corrected chi connectivity index (χ1v) is 2.40. The molecule has 0 unspecified atom stereocenters. The van der Waals surface area contributed by atoms with E-state index in [4.69, 9.17) is 0 Å². The third-order valence-corrected chi connectivity index (χ3v) is 0.771. The summed E-state index contributed by atoms with van der Waals surface area (Å²) in [6.45, 7) is 3.72. The van der Waals surface area contributed by atoms with Crippen molar-refractivity contribution in [3.05, 3.63) is 0 Å². The lowest BCUT2D eigenvalue weighted by Crippen LogP contribution is -2.22. The fraction of sp³-hybridized carbons (Fsp3) is 0.800. The Balaban J connectivity index is 0. The van der Waals surface area contributed by atoms with Crippen molar-refractivity contribution < 1.29 is 6.22 Å². The molecular formula is C5H13NO. The molecule has 0 aliphatic carbocycles. The molecule has 0 aromatic heterocycles. The molecule has 44 valence electrons. The molecule has 1 amide bonds. The van der Waals surface area contributed by atoms with E-state index >= 15 is 0 Å². The molecule has 0 fully saturated rings. The van der Waals surface area contributed by atoms with Crippen molar-refractivity contribution in [2.45, 2.75) is 13.8 Å². The molecule has 0 saturated carbocycles. The second kappa shape index (κ2) is 2.61. The highest BCUT2D eigenvalue weighted by molar-refractivity contribution is 5.77. The lowest BCUT2D eigenvalue weighted by molar-refractivity contribution is -0.123. The van der Waals surface area contributed by atoms with Crippen molar-refractivity contribution in [1.29, 1.82) is 0 Å². The molecule has 1 N–H and O–H groups in total. The number of hydrogen-bond donors (Lipinski definition) is 1. The van der Waals surface area contributed by atoms with Crippen LogP contribution in [0.4, 0.5) is 0 Å². The fourth-order valence-electron chi connectivity index (χ4n) is 0.289. The van der Waals surface area contributed by atoms with E-state index in [2.05, 4.69) is 5.32 Å². The van der Waals surface area contributed by atoms with Crippen LogP contribution in [-0.2, 0) is 4.79 Å². The first kappa shape index (κ1) is 6.47. The van der Waals surface area contributed by atoms with Gasteiger partial charge >= 0.3 is 0 Å². The lowest BCUT2D eigenvalue weighted by Gasteiger charge is -1.98. The van der Waals surface area contributed by atoms with Gasteiger partial charge in [-0.25, -0.2) is 0 Å². The quantitative estimate of drug-likeness (QED) is 0.518. The zero-order valence-electron chi connectivity index (χ0n) is 4.99. The van der Waals surface area contributed by atoms with Crippen LogP contribution in [0.2, 0.25) is 0 Å². The summed E-state index contributed by atoms with van der Waals surface area (Å²) in [5.41, 5.74) is 0. The van der Waals surface area contributed by atoms with Crippen LogP contribution in [0, 0.1) is 5.92 Å². The van der Waals surface area contributed by atoms with Crippen molar-refractivity contribution in [3.8, 4) is 0 Å². The van der Waals surface area contributed by atoms with Gasteiger partial charge in [0.1, 0.15) is 0 Å². The van der Waals surface area contributed by atoms with Crippen LogP contribution in [-0.4, -0.2) is 13.0 Å². The molecule has 2 heteroatoms. The second-order valence-corrected chi connectivity index (χ2v) is 1.77. The van der Waals surface area contributed by atoms with Gasteiger partial charge in [-0.05, 0) is 0 Å². The molecule has 7 heavy (non-hydrogen) atoms. The fourth-order valence-corrected chi connectivity index (χ4v) is 0.289. The molecule has 0 rings (SSSR count). The predicted octanol–water partition coefficient (Wildman–Crippen LogP) is 0.634. The van der Waals surface area contributed by atoms with Gasteiger partial charge in [0.2, 0.25) is 5.91 Å². The van der Waals surface area contributed by atoms with Gasteiger partial charge in [0.15, 0.2) is 0 Å². The topological polar surface area (TPSA) is 29.1 Å². The second-order valence-electron chi connectivity index (χ2n) is 1.77. The smallest absolute Gasteiger partial charge is 0.222 e. The molecule has 0 aliphatic rings. The lowest BCUT2D eigenvalue weighted by atomic mass is 10.2. The summed E-state index contributed by atoms with van der Waals surface area (Å²) in [5.74, 6) is 0.213. The van der Waals surface area contributed by atoms with Crippen LogP contribution in [0.25, 0.3) is 0 Å². The van der Waals surface area contributed by atoms with E-state index in [1.807, 2.05) is 13.8 Å². The Hall–Kier alpha value is -0.530. The third kappa shape index (κ3) is 2.20. The standard InChI is InChI=1S/C5H11NO.H2/c1-4(2)5(7)6-3;/h4H,1-3H3,(H,6,7);1H. The van der Waals surface area contributed by atoms with Gasteiger partial charge in [0.25, 0.3) is 0 Å². The van der Waals surface area contributed by atoms with Crippen molar-refractivity contribution in [2.75, 3.05) is 7.05 Å². The number of carbonyl (C=O) groups is 1. The highest BCUT2D eigenvalue weighted by atomic mass is 16.1.